The van der Waals surface area contributed by atoms with Gasteiger partial charge >= 0.3 is 0 Å². The highest BCUT2D eigenvalue weighted by molar-refractivity contribution is 6.12. The second kappa shape index (κ2) is 5.33. The van der Waals surface area contributed by atoms with Crippen molar-refractivity contribution in [2.45, 2.75) is 34.2 Å². The van der Waals surface area contributed by atoms with Crippen LogP contribution in [0.25, 0.3) is 10.9 Å². The number of anilines is 1. The molecule has 22 heavy (non-hydrogen) atoms. The Morgan fingerprint density at radius 2 is 2.09 bits per heavy atom. The molecule has 5 nitrogen and oxygen atoms in total. The van der Waals surface area contributed by atoms with Crippen LogP contribution in [0.3, 0.4) is 0 Å². The zero-order chi connectivity index (χ0) is 15.9. The first-order valence-corrected chi connectivity index (χ1v) is 7.44. The van der Waals surface area contributed by atoms with Crippen LogP contribution in [0.1, 0.15) is 34.1 Å². The number of nitrogens with one attached hydrogen (secondary N) is 2. The Balaban J connectivity index is 2.03. The van der Waals surface area contributed by atoms with Gasteiger partial charge in [-0.1, -0.05) is 12.1 Å². The lowest BCUT2D eigenvalue weighted by Gasteiger charge is -2.09. The summed E-state index contributed by atoms with van der Waals surface area (Å²) in [5, 5.41) is 8.33. The number of fused-ring (bicyclic) bond motifs is 1. The van der Waals surface area contributed by atoms with Crippen LogP contribution in [0.4, 0.5) is 5.82 Å². The van der Waals surface area contributed by atoms with Gasteiger partial charge in [-0.15, -0.1) is 0 Å². The lowest BCUT2D eigenvalue weighted by atomic mass is 10.1. The largest absolute Gasteiger partial charge is 0.358 e. The van der Waals surface area contributed by atoms with Gasteiger partial charge in [0.1, 0.15) is 5.82 Å². The lowest BCUT2D eigenvalue weighted by molar-refractivity contribution is 0.102. The number of hydrogen-bond acceptors (Lipinski definition) is 2. The highest BCUT2D eigenvalue weighted by Crippen LogP contribution is 2.25. The van der Waals surface area contributed by atoms with Crippen molar-refractivity contribution in [1.82, 2.24) is 14.8 Å². The SMILES string of the molecule is CCn1ncc(C)c1NC(=O)c1cccc2c(C)c(C)[nH]c12. The minimum Gasteiger partial charge on any atom is -0.358 e. The van der Waals surface area contributed by atoms with Crippen LogP contribution in [0.2, 0.25) is 0 Å². The maximum absolute atomic E-state index is 12.7. The minimum absolute atomic E-state index is 0.120. The molecular weight excluding hydrogens is 276 g/mol. The van der Waals surface area contributed by atoms with E-state index in [1.165, 1.54) is 5.56 Å². The molecule has 0 aliphatic heterocycles. The molecule has 2 N–H and O–H groups in total. The molecule has 0 radical (unpaired) electrons. The Morgan fingerprint density at radius 1 is 1.32 bits per heavy atom. The van der Waals surface area contributed by atoms with Gasteiger partial charge in [0.2, 0.25) is 0 Å². The van der Waals surface area contributed by atoms with Crippen molar-refractivity contribution < 1.29 is 4.79 Å². The fourth-order valence-electron chi connectivity index (χ4n) is 2.73. The van der Waals surface area contributed by atoms with Gasteiger partial charge in [-0.3, -0.25) is 4.79 Å². The van der Waals surface area contributed by atoms with Gasteiger partial charge in [0.15, 0.2) is 0 Å². The molecule has 3 aromatic rings. The summed E-state index contributed by atoms with van der Waals surface area (Å²) in [6, 6.07) is 5.79. The summed E-state index contributed by atoms with van der Waals surface area (Å²) >= 11 is 0. The monoisotopic (exact) mass is 296 g/mol. The predicted octanol–water partition coefficient (Wildman–Crippen LogP) is 3.56. The van der Waals surface area contributed by atoms with Crippen molar-refractivity contribution in [2.24, 2.45) is 0 Å². The molecule has 5 heteroatoms. The van der Waals surface area contributed by atoms with Gasteiger partial charge in [-0.25, -0.2) is 4.68 Å². The van der Waals surface area contributed by atoms with Crippen LogP contribution in [-0.2, 0) is 6.54 Å². The van der Waals surface area contributed by atoms with Crippen molar-refractivity contribution in [3.8, 4) is 0 Å². The second-order valence-corrected chi connectivity index (χ2v) is 5.55. The van der Waals surface area contributed by atoms with Crippen LogP contribution in [0, 0.1) is 20.8 Å². The number of aromatic nitrogens is 3. The van der Waals surface area contributed by atoms with E-state index in [9.17, 15) is 4.79 Å². The molecule has 0 unspecified atom stereocenters. The topological polar surface area (TPSA) is 62.7 Å². The third-order valence-electron chi connectivity index (χ3n) is 4.14. The van der Waals surface area contributed by atoms with E-state index in [2.05, 4.69) is 22.3 Å². The Hall–Kier alpha value is -2.56. The molecule has 0 spiro atoms. The number of carbonyl (C=O) groups excluding carboxylic acids is 1. The number of carbonyl (C=O) groups is 1. The van der Waals surface area contributed by atoms with E-state index in [4.69, 9.17) is 0 Å². The fraction of sp³-hybridized carbons (Fsp3) is 0.294. The van der Waals surface area contributed by atoms with Gasteiger partial charge in [0, 0.05) is 23.2 Å². The third-order valence-corrected chi connectivity index (χ3v) is 4.14. The number of aryl methyl sites for hydroxylation is 4. The van der Waals surface area contributed by atoms with Crippen molar-refractivity contribution in [2.75, 3.05) is 5.32 Å². The molecule has 0 saturated heterocycles. The van der Waals surface area contributed by atoms with E-state index in [1.807, 2.05) is 39.0 Å². The summed E-state index contributed by atoms with van der Waals surface area (Å²) in [6.45, 7) is 8.74. The smallest absolute Gasteiger partial charge is 0.258 e. The molecule has 2 heterocycles. The average molecular weight is 296 g/mol. The molecule has 0 bridgehead atoms. The second-order valence-electron chi connectivity index (χ2n) is 5.55. The molecule has 3 rings (SSSR count). The number of amides is 1. The van der Waals surface area contributed by atoms with Crippen LogP contribution in [0.5, 0.6) is 0 Å². The number of hydrogen-bond donors (Lipinski definition) is 2. The molecule has 1 aromatic carbocycles. The fourth-order valence-corrected chi connectivity index (χ4v) is 2.73. The maximum Gasteiger partial charge on any atom is 0.258 e. The molecule has 0 fully saturated rings. The van der Waals surface area contributed by atoms with Gasteiger partial charge in [-0.2, -0.15) is 5.10 Å². The molecule has 0 atom stereocenters. The Bertz CT molecular complexity index is 857. The highest BCUT2D eigenvalue weighted by Gasteiger charge is 2.16. The van der Waals surface area contributed by atoms with Gasteiger partial charge in [0.05, 0.1) is 17.3 Å². The Kier molecular flexibility index (Phi) is 3.48. The molecule has 0 saturated carbocycles. The van der Waals surface area contributed by atoms with Crippen molar-refractivity contribution >= 4 is 22.6 Å². The lowest BCUT2D eigenvalue weighted by Crippen LogP contribution is -2.16. The molecule has 2 aromatic heterocycles. The number of para-hydroxylation sites is 1. The average Bonchev–Trinajstić information content (AvgIpc) is 3.00. The number of nitrogens with zero attached hydrogens (tertiary/aromatic N) is 2. The van der Waals surface area contributed by atoms with Crippen molar-refractivity contribution in [3.05, 3.63) is 46.8 Å². The first-order valence-electron chi connectivity index (χ1n) is 7.44. The van der Waals surface area contributed by atoms with Crippen LogP contribution in [0.15, 0.2) is 24.4 Å². The van der Waals surface area contributed by atoms with Crippen LogP contribution in [-0.4, -0.2) is 20.7 Å². The number of rotatable bonds is 3. The summed E-state index contributed by atoms with van der Waals surface area (Å²) in [4.78, 5) is 16.0. The first-order chi connectivity index (χ1) is 10.5. The van der Waals surface area contributed by atoms with Crippen LogP contribution >= 0.6 is 0 Å². The van der Waals surface area contributed by atoms with Gasteiger partial charge in [0.25, 0.3) is 5.91 Å². The van der Waals surface area contributed by atoms with E-state index < -0.39 is 0 Å². The maximum atomic E-state index is 12.7. The number of aromatic amines is 1. The molecule has 114 valence electrons. The zero-order valence-corrected chi connectivity index (χ0v) is 13.3. The zero-order valence-electron chi connectivity index (χ0n) is 13.3. The summed E-state index contributed by atoms with van der Waals surface area (Å²) in [5.74, 6) is 0.634. The van der Waals surface area contributed by atoms with Gasteiger partial charge < -0.3 is 10.3 Å². The summed E-state index contributed by atoms with van der Waals surface area (Å²) in [5.41, 5.74) is 4.76. The van der Waals surface area contributed by atoms with E-state index in [1.54, 1.807) is 10.9 Å². The Morgan fingerprint density at radius 3 is 2.82 bits per heavy atom. The molecule has 1 amide bonds. The standard InChI is InChI=1S/C17H20N4O/c1-5-21-16(10(2)9-18-21)20-17(22)14-8-6-7-13-11(3)12(4)19-15(13)14/h6-9,19H,5H2,1-4H3,(H,20,22). The van der Waals surface area contributed by atoms with Crippen molar-refractivity contribution in [1.29, 1.82) is 0 Å². The normalized spacial score (nSPS) is 11.1. The van der Waals surface area contributed by atoms with E-state index in [0.29, 0.717) is 12.1 Å². The molecular formula is C17H20N4O. The highest BCUT2D eigenvalue weighted by atomic mass is 16.1. The van der Waals surface area contributed by atoms with Crippen LogP contribution < -0.4 is 5.32 Å². The van der Waals surface area contributed by atoms with E-state index >= 15 is 0 Å². The molecule has 0 aliphatic rings. The number of benzene rings is 1. The third kappa shape index (κ3) is 2.19. The predicted molar refractivity (Wildman–Crippen MR) is 88.4 cm³/mol. The quantitative estimate of drug-likeness (QED) is 0.776. The van der Waals surface area contributed by atoms with E-state index in [0.717, 1.165) is 28.0 Å². The van der Waals surface area contributed by atoms with Crippen molar-refractivity contribution in [3.63, 3.8) is 0 Å². The van der Waals surface area contributed by atoms with Gasteiger partial charge in [-0.05, 0) is 39.3 Å². The Labute approximate surface area is 129 Å². The minimum atomic E-state index is -0.120. The molecule has 0 aliphatic carbocycles. The summed E-state index contributed by atoms with van der Waals surface area (Å²) in [7, 11) is 0. The van der Waals surface area contributed by atoms with E-state index in [-0.39, 0.29) is 5.91 Å². The first kappa shape index (κ1) is 14.4. The number of H-pyrrole nitrogens is 1. The summed E-state index contributed by atoms with van der Waals surface area (Å²) < 4.78 is 1.79. The summed E-state index contributed by atoms with van der Waals surface area (Å²) in [6.07, 6.45) is 1.77.